The summed E-state index contributed by atoms with van der Waals surface area (Å²) in [6.07, 6.45) is 0.998. The van der Waals surface area contributed by atoms with Gasteiger partial charge in [-0.1, -0.05) is 51.5 Å². The minimum Gasteiger partial charge on any atom is -0.491 e. The number of benzene rings is 2. The first-order chi connectivity index (χ1) is 13.2. The average molecular weight is 387 g/mol. The van der Waals surface area contributed by atoms with Crippen LogP contribution in [-0.2, 0) is 11.8 Å². The number of aliphatic hydroxyl groups is 2. The van der Waals surface area contributed by atoms with Gasteiger partial charge in [-0.3, -0.25) is 0 Å². The molecule has 0 aliphatic rings. The maximum Gasteiger partial charge on any atom is 0.122 e. The molecule has 2 rings (SSSR count). The Balaban J connectivity index is 2.24. The van der Waals surface area contributed by atoms with Gasteiger partial charge in [-0.15, -0.1) is 0 Å². The normalized spacial score (nSPS) is 13.8. The van der Waals surface area contributed by atoms with Crippen molar-refractivity contribution in [2.24, 2.45) is 0 Å². The molecule has 0 saturated heterocycles. The predicted octanol–water partition coefficient (Wildman–Crippen LogP) is 4.48. The Kier molecular flexibility index (Phi) is 7.90. The molecule has 0 aromatic heterocycles. The van der Waals surface area contributed by atoms with Crippen molar-refractivity contribution in [1.29, 1.82) is 0 Å². The van der Waals surface area contributed by atoms with E-state index in [1.807, 2.05) is 18.2 Å². The summed E-state index contributed by atoms with van der Waals surface area (Å²) >= 11 is 0. The van der Waals surface area contributed by atoms with E-state index in [0.29, 0.717) is 6.61 Å². The molecule has 2 aromatic rings. The molecule has 4 nitrogen and oxygen atoms in total. The van der Waals surface area contributed by atoms with E-state index >= 15 is 0 Å². The van der Waals surface area contributed by atoms with Gasteiger partial charge < -0.3 is 19.7 Å². The van der Waals surface area contributed by atoms with Crippen LogP contribution in [0.5, 0.6) is 11.5 Å². The molecule has 0 heterocycles. The monoisotopic (exact) mass is 386 g/mol. The molecule has 0 radical (unpaired) electrons. The zero-order valence-corrected chi connectivity index (χ0v) is 17.7. The smallest absolute Gasteiger partial charge is 0.122 e. The van der Waals surface area contributed by atoms with Crippen molar-refractivity contribution in [3.8, 4) is 11.5 Å². The van der Waals surface area contributed by atoms with Crippen molar-refractivity contribution in [3.63, 3.8) is 0 Å². The molecule has 28 heavy (non-hydrogen) atoms. The standard InChI is InChI=1S/C24H34O4/c1-6-7-19-14-21(10-13-23(19)28-16-18(3)26)24(4,5)20-8-11-22(12-9-20)27-15-17(2)25/h8-14,17-18,25-26H,6-7,15-16H2,1-5H3. The Morgan fingerprint density at radius 3 is 2.00 bits per heavy atom. The summed E-state index contributed by atoms with van der Waals surface area (Å²) in [5.41, 5.74) is 3.41. The third-order valence-corrected chi connectivity index (χ3v) is 4.85. The minimum absolute atomic E-state index is 0.173. The maximum absolute atomic E-state index is 9.51. The molecule has 2 unspecified atom stereocenters. The largest absolute Gasteiger partial charge is 0.491 e. The lowest BCUT2D eigenvalue weighted by atomic mass is 9.77. The molecular formula is C24H34O4. The van der Waals surface area contributed by atoms with Crippen LogP contribution in [0.3, 0.4) is 0 Å². The first-order valence-corrected chi connectivity index (χ1v) is 10.1. The molecule has 0 saturated carbocycles. The first-order valence-electron chi connectivity index (χ1n) is 10.1. The molecule has 4 heteroatoms. The van der Waals surface area contributed by atoms with Gasteiger partial charge in [-0.2, -0.15) is 0 Å². The van der Waals surface area contributed by atoms with Gasteiger partial charge in [0.2, 0.25) is 0 Å². The first kappa shape index (κ1) is 22.3. The Bertz CT molecular complexity index is 733. The summed E-state index contributed by atoms with van der Waals surface area (Å²) in [5, 5.41) is 18.9. The maximum atomic E-state index is 9.51. The second kappa shape index (κ2) is 9.94. The van der Waals surface area contributed by atoms with Gasteiger partial charge in [0.1, 0.15) is 24.7 Å². The Hall–Kier alpha value is -2.04. The van der Waals surface area contributed by atoms with E-state index in [1.54, 1.807) is 13.8 Å². The van der Waals surface area contributed by atoms with E-state index in [2.05, 4.69) is 45.0 Å². The van der Waals surface area contributed by atoms with Gasteiger partial charge >= 0.3 is 0 Å². The van der Waals surface area contributed by atoms with Gasteiger partial charge in [0, 0.05) is 5.41 Å². The Labute approximate surface area is 169 Å². The highest BCUT2D eigenvalue weighted by molar-refractivity contribution is 5.45. The van der Waals surface area contributed by atoms with Gasteiger partial charge in [-0.25, -0.2) is 0 Å². The van der Waals surface area contributed by atoms with Gasteiger partial charge in [-0.05, 0) is 55.2 Å². The van der Waals surface area contributed by atoms with Crippen LogP contribution in [0.15, 0.2) is 42.5 Å². The molecule has 0 aliphatic heterocycles. The number of ether oxygens (including phenoxy) is 2. The summed E-state index contributed by atoms with van der Waals surface area (Å²) in [5.74, 6) is 1.61. The fourth-order valence-electron chi connectivity index (χ4n) is 3.14. The number of hydrogen-bond acceptors (Lipinski definition) is 4. The molecule has 2 aromatic carbocycles. The van der Waals surface area contributed by atoms with Gasteiger partial charge in [0.25, 0.3) is 0 Å². The highest BCUT2D eigenvalue weighted by Gasteiger charge is 2.24. The van der Waals surface area contributed by atoms with E-state index in [1.165, 1.54) is 16.7 Å². The highest BCUT2D eigenvalue weighted by atomic mass is 16.5. The molecule has 2 atom stereocenters. The van der Waals surface area contributed by atoms with Crippen molar-refractivity contribution < 1.29 is 19.7 Å². The molecule has 154 valence electrons. The van der Waals surface area contributed by atoms with Crippen LogP contribution in [0.2, 0.25) is 0 Å². The number of aryl methyl sites for hydroxylation is 1. The molecule has 0 spiro atoms. The lowest BCUT2D eigenvalue weighted by Crippen LogP contribution is -2.20. The fourth-order valence-corrected chi connectivity index (χ4v) is 3.14. The van der Waals surface area contributed by atoms with Crippen molar-refractivity contribution in [3.05, 3.63) is 59.2 Å². The van der Waals surface area contributed by atoms with E-state index in [-0.39, 0.29) is 12.0 Å². The van der Waals surface area contributed by atoms with Gasteiger partial charge in [0.15, 0.2) is 0 Å². The quantitative estimate of drug-likeness (QED) is 0.632. The van der Waals surface area contributed by atoms with Crippen molar-refractivity contribution >= 4 is 0 Å². The second-order valence-corrected chi connectivity index (χ2v) is 8.04. The zero-order chi connectivity index (χ0) is 20.7. The SMILES string of the molecule is CCCc1cc(C(C)(C)c2ccc(OCC(C)O)cc2)ccc1OCC(C)O. The van der Waals surface area contributed by atoms with Crippen LogP contribution in [0.1, 0.15) is 57.7 Å². The van der Waals surface area contributed by atoms with Crippen LogP contribution >= 0.6 is 0 Å². The van der Waals surface area contributed by atoms with E-state index in [4.69, 9.17) is 9.47 Å². The van der Waals surface area contributed by atoms with E-state index in [0.717, 1.165) is 24.3 Å². The lowest BCUT2D eigenvalue weighted by Gasteiger charge is -2.27. The van der Waals surface area contributed by atoms with E-state index < -0.39 is 12.2 Å². The van der Waals surface area contributed by atoms with Crippen molar-refractivity contribution in [2.45, 2.75) is 65.1 Å². The summed E-state index contributed by atoms with van der Waals surface area (Å²) in [4.78, 5) is 0. The summed E-state index contributed by atoms with van der Waals surface area (Å²) in [6, 6.07) is 14.4. The third kappa shape index (κ3) is 5.98. The van der Waals surface area contributed by atoms with Crippen LogP contribution in [0.4, 0.5) is 0 Å². The predicted molar refractivity (Wildman–Crippen MR) is 113 cm³/mol. The zero-order valence-electron chi connectivity index (χ0n) is 17.7. The van der Waals surface area contributed by atoms with Gasteiger partial charge in [0.05, 0.1) is 12.2 Å². The Morgan fingerprint density at radius 1 is 0.857 bits per heavy atom. The fraction of sp³-hybridized carbons (Fsp3) is 0.500. The summed E-state index contributed by atoms with van der Waals surface area (Å²) in [7, 11) is 0. The van der Waals surface area contributed by atoms with Crippen LogP contribution < -0.4 is 9.47 Å². The van der Waals surface area contributed by atoms with E-state index in [9.17, 15) is 10.2 Å². The second-order valence-electron chi connectivity index (χ2n) is 8.04. The van der Waals surface area contributed by atoms with Crippen LogP contribution in [0.25, 0.3) is 0 Å². The molecule has 0 bridgehead atoms. The molecule has 0 fully saturated rings. The number of rotatable bonds is 10. The third-order valence-electron chi connectivity index (χ3n) is 4.85. The molecule has 0 aliphatic carbocycles. The topological polar surface area (TPSA) is 58.9 Å². The minimum atomic E-state index is -0.486. The Morgan fingerprint density at radius 2 is 1.43 bits per heavy atom. The van der Waals surface area contributed by atoms with Crippen molar-refractivity contribution in [2.75, 3.05) is 13.2 Å². The number of aliphatic hydroxyl groups excluding tert-OH is 2. The van der Waals surface area contributed by atoms with Crippen LogP contribution in [-0.4, -0.2) is 35.6 Å². The molecular weight excluding hydrogens is 352 g/mol. The average Bonchev–Trinajstić information content (AvgIpc) is 2.65. The lowest BCUT2D eigenvalue weighted by molar-refractivity contribution is 0.122. The number of hydrogen-bond donors (Lipinski definition) is 2. The summed E-state index contributed by atoms with van der Waals surface area (Å²) < 4.78 is 11.4. The highest BCUT2D eigenvalue weighted by Crippen LogP contribution is 2.35. The molecule has 2 N–H and O–H groups in total. The van der Waals surface area contributed by atoms with Crippen LogP contribution in [0, 0.1) is 0 Å². The summed E-state index contributed by atoms with van der Waals surface area (Å²) in [6.45, 7) is 10.6. The van der Waals surface area contributed by atoms with Crippen molar-refractivity contribution in [1.82, 2.24) is 0 Å². The molecule has 0 amide bonds.